The first kappa shape index (κ1) is 22.6. The molecule has 1 heterocycles. The van der Waals surface area contributed by atoms with E-state index in [2.05, 4.69) is 65.6 Å². The van der Waals surface area contributed by atoms with Crippen molar-refractivity contribution in [1.29, 1.82) is 0 Å². The van der Waals surface area contributed by atoms with Gasteiger partial charge in [-0.25, -0.2) is 4.98 Å². The first-order chi connectivity index (χ1) is 16.1. The SMILES string of the molecule is CCOC(=O)C(C)Cc1ccc(Cn2ccnc2)cc1OCCc1ccc2ccccc2c1. The molecule has 3 aromatic carbocycles. The van der Waals surface area contributed by atoms with Crippen molar-refractivity contribution in [2.24, 2.45) is 5.92 Å². The van der Waals surface area contributed by atoms with E-state index in [4.69, 9.17) is 9.47 Å². The number of rotatable bonds is 10. The maximum atomic E-state index is 12.2. The topological polar surface area (TPSA) is 53.4 Å². The summed E-state index contributed by atoms with van der Waals surface area (Å²) in [5, 5.41) is 2.48. The van der Waals surface area contributed by atoms with Crippen molar-refractivity contribution >= 4 is 16.7 Å². The first-order valence-corrected chi connectivity index (χ1v) is 11.5. The summed E-state index contributed by atoms with van der Waals surface area (Å²) in [6, 6.07) is 21.1. The second-order valence-electron chi connectivity index (χ2n) is 8.31. The Morgan fingerprint density at radius 1 is 1.03 bits per heavy atom. The molecule has 0 amide bonds. The summed E-state index contributed by atoms with van der Waals surface area (Å²) in [6.45, 7) is 5.40. The van der Waals surface area contributed by atoms with E-state index in [0.29, 0.717) is 19.6 Å². The number of carbonyl (C=O) groups excluding carboxylic acids is 1. The summed E-state index contributed by atoms with van der Waals surface area (Å²) < 4.78 is 13.5. The van der Waals surface area contributed by atoms with E-state index in [1.807, 2.05) is 24.6 Å². The van der Waals surface area contributed by atoms with Crippen molar-refractivity contribution in [3.63, 3.8) is 0 Å². The maximum absolute atomic E-state index is 12.2. The molecule has 5 nitrogen and oxygen atoms in total. The molecule has 0 aliphatic carbocycles. The normalized spacial score (nSPS) is 11.9. The van der Waals surface area contributed by atoms with Gasteiger partial charge in [0, 0.05) is 25.4 Å². The lowest BCUT2D eigenvalue weighted by molar-refractivity contribution is -0.147. The van der Waals surface area contributed by atoms with E-state index in [1.165, 1.54) is 16.3 Å². The monoisotopic (exact) mass is 442 g/mol. The van der Waals surface area contributed by atoms with Gasteiger partial charge in [0.1, 0.15) is 5.75 Å². The quantitative estimate of drug-likeness (QED) is 0.307. The summed E-state index contributed by atoms with van der Waals surface area (Å²) >= 11 is 0. The number of esters is 1. The molecule has 0 saturated heterocycles. The van der Waals surface area contributed by atoms with Crippen LogP contribution in [0.3, 0.4) is 0 Å². The highest BCUT2D eigenvalue weighted by molar-refractivity contribution is 5.83. The number of benzene rings is 3. The number of carbonyl (C=O) groups is 1. The third-order valence-corrected chi connectivity index (χ3v) is 5.73. The summed E-state index contributed by atoms with van der Waals surface area (Å²) in [4.78, 5) is 16.3. The van der Waals surface area contributed by atoms with Crippen molar-refractivity contribution in [2.45, 2.75) is 33.2 Å². The third kappa shape index (κ3) is 6.01. The highest BCUT2D eigenvalue weighted by atomic mass is 16.5. The molecule has 33 heavy (non-hydrogen) atoms. The summed E-state index contributed by atoms with van der Waals surface area (Å²) in [5.41, 5.74) is 3.38. The molecule has 170 valence electrons. The van der Waals surface area contributed by atoms with Crippen LogP contribution in [0.25, 0.3) is 10.8 Å². The minimum absolute atomic E-state index is 0.179. The largest absolute Gasteiger partial charge is 0.493 e. The predicted octanol–water partition coefficient (Wildman–Crippen LogP) is 5.45. The van der Waals surface area contributed by atoms with Gasteiger partial charge < -0.3 is 14.0 Å². The zero-order valence-corrected chi connectivity index (χ0v) is 19.2. The first-order valence-electron chi connectivity index (χ1n) is 11.5. The lowest BCUT2D eigenvalue weighted by Crippen LogP contribution is -2.17. The lowest BCUT2D eigenvalue weighted by atomic mass is 9.99. The average molecular weight is 443 g/mol. The summed E-state index contributed by atoms with van der Waals surface area (Å²) in [6.07, 6.45) is 6.91. The number of hydrogen-bond acceptors (Lipinski definition) is 4. The zero-order valence-electron chi connectivity index (χ0n) is 19.2. The van der Waals surface area contributed by atoms with E-state index in [1.54, 1.807) is 12.5 Å². The Balaban J connectivity index is 1.48. The molecule has 0 saturated carbocycles. The molecular weight excluding hydrogens is 412 g/mol. The number of hydrogen-bond donors (Lipinski definition) is 0. The predicted molar refractivity (Wildman–Crippen MR) is 130 cm³/mol. The number of nitrogens with zero attached hydrogens (tertiary/aromatic N) is 2. The second-order valence-corrected chi connectivity index (χ2v) is 8.31. The van der Waals surface area contributed by atoms with Gasteiger partial charge in [0.25, 0.3) is 0 Å². The molecule has 0 aliphatic heterocycles. The molecule has 0 radical (unpaired) electrons. The van der Waals surface area contributed by atoms with Crippen LogP contribution < -0.4 is 4.74 Å². The van der Waals surface area contributed by atoms with Crippen molar-refractivity contribution in [3.05, 3.63) is 96.1 Å². The Bertz CT molecular complexity index is 1200. The van der Waals surface area contributed by atoms with Crippen LogP contribution in [-0.4, -0.2) is 28.7 Å². The Labute approximate surface area is 195 Å². The molecule has 0 N–H and O–H groups in total. The summed E-state index contributed by atoms with van der Waals surface area (Å²) in [7, 11) is 0. The van der Waals surface area contributed by atoms with Gasteiger partial charge >= 0.3 is 5.97 Å². The van der Waals surface area contributed by atoms with Crippen LogP contribution in [0, 0.1) is 5.92 Å². The molecular formula is C28H30N2O3. The zero-order chi connectivity index (χ0) is 23.0. The van der Waals surface area contributed by atoms with E-state index in [0.717, 1.165) is 29.8 Å². The van der Waals surface area contributed by atoms with E-state index in [9.17, 15) is 4.79 Å². The standard InChI is InChI=1S/C28H30N2O3/c1-3-32-28(31)21(2)16-26-11-9-23(19-30-14-13-29-20-30)18-27(26)33-15-12-22-8-10-24-6-4-5-7-25(24)17-22/h4-11,13-14,17-18,20-21H,3,12,15-16,19H2,1-2H3. The van der Waals surface area contributed by atoms with Crippen LogP contribution in [-0.2, 0) is 28.9 Å². The minimum Gasteiger partial charge on any atom is -0.493 e. The fourth-order valence-corrected chi connectivity index (χ4v) is 3.96. The van der Waals surface area contributed by atoms with Gasteiger partial charge in [-0.2, -0.15) is 0 Å². The maximum Gasteiger partial charge on any atom is 0.308 e. The molecule has 0 fully saturated rings. The van der Waals surface area contributed by atoms with Crippen LogP contribution in [0.4, 0.5) is 0 Å². The van der Waals surface area contributed by atoms with Gasteiger partial charge in [-0.1, -0.05) is 61.5 Å². The molecule has 1 atom stereocenters. The van der Waals surface area contributed by atoms with Crippen LogP contribution in [0.5, 0.6) is 5.75 Å². The number of imidazole rings is 1. The second kappa shape index (κ2) is 10.8. The molecule has 0 bridgehead atoms. The van der Waals surface area contributed by atoms with Gasteiger partial charge in [-0.3, -0.25) is 4.79 Å². The number of ether oxygens (including phenoxy) is 2. The van der Waals surface area contributed by atoms with Crippen LogP contribution in [0.15, 0.2) is 79.4 Å². The fourth-order valence-electron chi connectivity index (χ4n) is 3.96. The Morgan fingerprint density at radius 2 is 1.85 bits per heavy atom. The Hall–Kier alpha value is -3.60. The smallest absolute Gasteiger partial charge is 0.308 e. The third-order valence-electron chi connectivity index (χ3n) is 5.73. The van der Waals surface area contributed by atoms with Crippen molar-refractivity contribution in [3.8, 4) is 5.75 Å². The minimum atomic E-state index is -0.229. The van der Waals surface area contributed by atoms with Gasteiger partial charge in [-0.15, -0.1) is 0 Å². The Morgan fingerprint density at radius 3 is 2.64 bits per heavy atom. The van der Waals surface area contributed by atoms with Crippen LogP contribution in [0.1, 0.15) is 30.5 Å². The van der Waals surface area contributed by atoms with E-state index in [-0.39, 0.29) is 11.9 Å². The highest BCUT2D eigenvalue weighted by Gasteiger charge is 2.17. The van der Waals surface area contributed by atoms with Gasteiger partial charge in [-0.05, 0) is 46.9 Å². The number of fused-ring (bicyclic) bond motifs is 1. The average Bonchev–Trinajstić information content (AvgIpc) is 3.33. The molecule has 4 aromatic rings. The molecule has 1 unspecified atom stereocenters. The Kier molecular flexibility index (Phi) is 7.40. The summed E-state index contributed by atoms with van der Waals surface area (Å²) in [5.74, 6) is 0.416. The van der Waals surface area contributed by atoms with Crippen LogP contribution >= 0.6 is 0 Å². The molecule has 1 aromatic heterocycles. The van der Waals surface area contributed by atoms with Crippen molar-refractivity contribution in [1.82, 2.24) is 9.55 Å². The molecule has 5 heteroatoms. The highest BCUT2D eigenvalue weighted by Crippen LogP contribution is 2.25. The van der Waals surface area contributed by atoms with E-state index < -0.39 is 0 Å². The molecule has 0 spiro atoms. The van der Waals surface area contributed by atoms with Gasteiger partial charge in [0.2, 0.25) is 0 Å². The molecule has 0 aliphatic rings. The van der Waals surface area contributed by atoms with Crippen molar-refractivity contribution in [2.75, 3.05) is 13.2 Å². The number of aromatic nitrogens is 2. The fraction of sp³-hybridized carbons (Fsp3) is 0.286. The van der Waals surface area contributed by atoms with Gasteiger partial charge in [0.05, 0.1) is 25.5 Å². The lowest BCUT2D eigenvalue weighted by Gasteiger charge is -2.16. The van der Waals surface area contributed by atoms with Crippen LogP contribution in [0.2, 0.25) is 0 Å². The molecule has 4 rings (SSSR count). The van der Waals surface area contributed by atoms with Gasteiger partial charge in [0.15, 0.2) is 0 Å². The van der Waals surface area contributed by atoms with Crippen molar-refractivity contribution < 1.29 is 14.3 Å². The van der Waals surface area contributed by atoms with E-state index >= 15 is 0 Å².